The maximum Gasteiger partial charge on any atom is -0.00268 e. The molecule has 0 aliphatic heterocycles. The molecule has 0 amide bonds. The van der Waals surface area contributed by atoms with E-state index in [1.165, 1.54) is 43.4 Å². The number of aryl methyl sites for hydroxylation is 2. The van der Waals surface area contributed by atoms with Crippen molar-refractivity contribution in [3.63, 3.8) is 0 Å². The molecule has 0 heteroatoms. The Bertz CT molecular complexity index is 972. The highest BCUT2D eigenvalue weighted by molar-refractivity contribution is 6.22. The molecule has 0 fully saturated rings. The van der Waals surface area contributed by atoms with E-state index in [-0.39, 0.29) is 0 Å². The molecule has 0 saturated heterocycles. The summed E-state index contributed by atoms with van der Waals surface area (Å²) in [6.07, 6.45) is 0. The summed E-state index contributed by atoms with van der Waals surface area (Å²) in [5.41, 5.74) is 2.68. The van der Waals surface area contributed by atoms with Gasteiger partial charge in [-0.25, -0.2) is 0 Å². The van der Waals surface area contributed by atoms with Crippen molar-refractivity contribution in [1.82, 2.24) is 0 Å². The lowest BCUT2D eigenvalue weighted by molar-refractivity contribution is 1.39. The molecule has 5 rings (SSSR count). The van der Waals surface area contributed by atoms with Crippen LogP contribution in [0.1, 0.15) is 11.1 Å². The van der Waals surface area contributed by atoms with E-state index in [0.717, 1.165) is 0 Å². The fourth-order valence-corrected chi connectivity index (χ4v) is 3.48. The minimum atomic E-state index is 1.34. The molecule has 0 heterocycles. The monoisotopic (exact) mass is 308 g/mol. The first kappa shape index (κ1) is 14.7. The molecular formula is C24H20. The molecule has 0 unspecified atom stereocenters. The summed E-state index contributed by atoms with van der Waals surface area (Å²) >= 11 is 0. The van der Waals surface area contributed by atoms with Crippen molar-refractivity contribution in [3.8, 4) is 0 Å². The molecule has 24 heavy (non-hydrogen) atoms. The van der Waals surface area contributed by atoms with E-state index in [9.17, 15) is 0 Å². The third-order valence-electron chi connectivity index (χ3n) is 4.57. The van der Waals surface area contributed by atoms with Crippen molar-refractivity contribution in [2.24, 2.45) is 0 Å². The molecule has 0 aromatic heterocycles. The Labute approximate surface area is 142 Å². The van der Waals surface area contributed by atoms with Gasteiger partial charge in [0.05, 0.1) is 0 Å². The summed E-state index contributed by atoms with van der Waals surface area (Å²) in [5.74, 6) is 0. The number of benzene rings is 5. The van der Waals surface area contributed by atoms with Gasteiger partial charge in [0, 0.05) is 0 Å². The van der Waals surface area contributed by atoms with Crippen LogP contribution in [0.5, 0.6) is 0 Å². The summed E-state index contributed by atoms with van der Waals surface area (Å²) in [6.45, 7) is 4.21. The Kier molecular flexibility index (Phi) is 3.66. The number of hydrogen-bond donors (Lipinski definition) is 0. The molecule has 116 valence electrons. The lowest BCUT2D eigenvalue weighted by Gasteiger charge is -2.09. The normalized spacial score (nSPS) is 10.9. The smallest absolute Gasteiger partial charge is 0.00268 e. The minimum Gasteiger partial charge on any atom is -0.0617 e. The van der Waals surface area contributed by atoms with Crippen LogP contribution in [0.3, 0.4) is 0 Å². The fraction of sp³-hybridized carbons (Fsp3) is 0.0833. The first-order valence-electron chi connectivity index (χ1n) is 8.38. The SMILES string of the molecule is Cc1cccc(C)c1.c1cc2ccc3cccc4ccc(c1)c2c34. The highest BCUT2D eigenvalue weighted by atomic mass is 14.1. The van der Waals surface area contributed by atoms with Crippen molar-refractivity contribution in [2.45, 2.75) is 13.8 Å². The molecule has 0 atom stereocenters. The predicted octanol–water partition coefficient (Wildman–Crippen LogP) is 6.89. The van der Waals surface area contributed by atoms with Crippen LogP contribution in [-0.2, 0) is 0 Å². The van der Waals surface area contributed by atoms with Crippen LogP contribution in [-0.4, -0.2) is 0 Å². The quantitative estimate of drug-likeness (QED) is 0.273. The van der Waals surface area contributed by atoms with E-state index in [1.807, 2.05) is 0 Å². The first-order valence-corrected chi connectivity index (χ1v) is 8.38. The lowest BCUT2D eigenvalue weighted by Crippen LogP contribution is -1.82. The van der Waals surface area contributed by atoms with Gasteiger partial charge in [-0.05, 0) is 46.2 Å². The summed E-state index contributed by atoms with van der Waals surface area (Å²) < 4.78 is 0. The Balaban J connectivity index is 0.000000155. The zero-order chi connectivity index (χ0) is 16.5. The zero-order valence-corrected chi connectivity index (χ0v) is 14.1. The molecule has 5 aromatic rings. The summed E-state index contributed by atoms with van der Waals surface area (Å²) in [5, 5.41) is 8.14. The third kappa shape index (κ3) is 2.61. The van der Waals surface area contributed by atoms with Gasteiger partial charge in [-0.2, -0.15) is 0 Å². The van der Waals surface area contributed by atoms with Gasteiger partial charge < -0.3 is 0 Å². The van der Waals surface area contributed by atoms with Crippen LogP contribution in [0, 0.1) is 13.8 Å². The van der Waals surface area contributed by atoms with Gasteiger partial charge in [-0.1, -0.05) is 96.1 Å². The van der Waals surface area contributed by atoms with Crippen LogP contribution in [0.15, 0.2) is 84.9 Å². The Morgan fingerprint density at radius 1 is 0.417 bits per heavy atom. The summed E-state index contributed by atoms with van der Waals surface area (Å²) in [7, 11) is 0. The fourth-order valence-electron chi connectivity index (χ4n) is 3.48. The summed E-state index contributed by atoms with van der Waals surface area (Å²) in [6, 6.07) is 30.3. The second-order valence-electron chi connectivity index (χ2n) is 6.45. The van der Waals surface area contributed by atoms with E-state index in [2.05, 4.69) is 98.8 Å². The molecule has 0 N–H and O–H groups in total. The van der Waals surface area contributed by atoms with Crippen molar-refractivity contribution >= 4 is 32.3 Å². The van der Waals surface area contributed by atoms with E-state index in [1.54, 1.807) is 0 Å². The van der Waals surface area contributed by atoms with E-state index in [0.29, 0.717) is 0 Å². The van der Waals surface area contributed by atoms with Gasteiger partial charge in [0.1, 0.15) is 0 Å². The Hall–Kier alpha value is -2.86. The van der Waals surface area contributed by atoms with Crippen LogP contribution >= 0.6 is 0 Å². The number of rotatable bonds is 0. The highest BCUT2D eigenvalue weighted by Crippen LogP contribution is 2.33. The van der Waals surface area contributed by atoms with Crippen LogP contribution in [0.2, 0.25) is 0 Å². The standard InChI is InChI=1S/C16H10.C8H10/c1-3-11-7-9-13-5-2-6-14-10-8-12(4-1)15(11)16(13)14;1-7-4-3-5-8(2)6-7/h1-10H;3-6H,1-2H3. The maximum atomic E-state index is 2.21. The van der Waals surface area contributed by atoms with Gasteiger partial charge in [0.2, 0.25) is 0 Å². The van der Waals surface area contributed by atoms with Crippen molar-refractivity contribution < 1.29 is 0 Å². The second-order valence-corrected chi connectivity index (χ2v) is 6.45. The van der Waals surface area contributed by atoms with Crippen molar-refractivity contribution in [3.05, 3.63) is 96.1 Å². The van der Waals surface area contributed by atoms with Gasteiger partial charge >= 0.3 is 0 Å². The molecule has 0 spiro atoms. The average Bonchev–Trinajstić information content (AvgIpc) is 2.60. The van der Waals surface area contributed by atoms with E-state index >= 15 is 0 Å². The van der Waals surface area contributed by atoms with Gasteiger partial charge in [0.25, 0.3) is 0 Å². The highest BCUT2D eigenvalue weighted by Gasteiger charge is 2.05. The molecule has 0 radical (unpaired) electrons. The van der Waals surface area contributed by atoms with E-state index in [4.69, 9.17) is 0 Å². The molecule has 5 aromatic carbocycles. The van der Waals surface area contributed by atoms with Crippen LogP contribution < -0.4 is 0 Å². The summed E-state index contributed by atoms with van der Waals surface area (Å²) in [4.78, 5) is 0. The first-order chi connectivity index (χ1) is 11.7. The molecule has 0 saturated carbocycles. The Morgan fingerprint density at radius 2 is 0.750 bits per heavy atom. The second kappa shape index (κ2) is 5.98. The van der Waals surface area contributed by atoms with Gasteiger partial charge in [-0.3, -0.25) is 0 Å². The van der Waals surface area contributed by atoms with E-state index < -0.39 is 0 Å². The topological polar surface area (TPSA) is 0 Å². The number of hydrogen-bond acceptors (Lipinski definition) is 0. The molecule has 0 aliphatic carbocycles. The van der Waals surface area contributed by atoms with Gasteiger partial charge in [0.15, 0.2) is 0 Å². The van der Waals surface area contributed by atoms with Crippen molar-refractivity contribution in [1.29, 1.82) is 0 Å². The molecule has 0 nitrogen and oxygen atoms in total. The average molecular weight is 308 g/mol. The molecule has 0 bridgehead atoms. The minimum absolute atomic E-state index is 1.34. The lowest BCUT2D eigenvalue weighted by atomic mass is 9.95. The predicted molar refractivity (Wildman–Crippen MR) is 106 cm³/mol. The molecule has 0 aliphatic rings. The maximum absolute atomic E-state index is 2.21. The molecular weight excluding hydrogens is 288 g/mol. The van der Waals surface area contributed by atoms with Crippen LogP contribution in [0.4, 0.5) is 0 Å². The third-order valence-corrected chi connectivity index (χ3v) is 4.57. The van der Waals surface area contributed by atoms with Crippen molar-refractivity contribution in [2.75, 3.05) is 0 Å². The van der Waals surface area contributed by atoms with Crippen LogP contribution in [0.25, 0.3) is 32.3 Å². The zero-order valence-electron chi connectivity index (χ0n) is 14.1. The Morgan fingerprint density at radius 3 is 1.04 bits per heavy atom. The van der Waals surface area contributed by atoms with Gasteiger partial charge in [-0.15, -0.1) is 0 Å². The largest absolute Gasteiger partial charge is 0.0617 e.